The maximum atomic E-state index is 13.3. The monoisotopic (exact) mass is 352 g/mol. The molecule has 0 aliphatic carbocycles. The lowest BCUT2D eigenvalue weighted by molar-refractivity contribution is 0.103. The Bertz CT molecular complexity index is 882. The van der Waals surface area contributed by atoms with Crippen molar-refractivity contribution in [2.75, 3.05) is 18.9 Å². The van der Waals surface area contributed by atoms with Gasteiger partial charge in [-0.1, -0.05) is 0 Å². The Morgan fingerprint density at radius 2 is 1.75 bits per heavy atom. The molecule has 0 aromatic heterocycles. The van der Waals surface area contributed by atoms with E-state index in [0.29, 0.717) is 11.1 Å². The molecule has 0 unspecified atom stereocenters. The van der Waals surface area contributed by atoms with Crippen LogP contribution in [-0.4, -0.2) is 28.4 Å². The number of hydrogen-bond acceptors (Lipinski definition) is 4. The Balaban J connectivity index is 2.43. The Morgan fingerprint density at radius 1 is 1.12 bits per heavy atom. The molecule has 0 saturated carbocycles. The molecule has 0 bridgehead atoms. The third-order valence-corrected chi connectivity index (χ3v) is 4.42. The predicted octanol–water partition coefficient (Wildman–Crippen LogP) is 2.25. The number of hydrogen-bond donors (Lipinski definition) is 2. The highest BCUT2D eigenvalue weighted by molar-refractivity contribution is 7.90. The number of anilines is 1. The summed E-state index contributed by atoms with van der Waals surface area (Å²) in [6.07, 6.45) is 0. The number of halogens is 1. The fraction of sp³-hybridized carbons (Fsp3) is 0.188. The number of carbonyl (C=O) groups excluding carboxylic acids is 1. The molecule has 2 rings (SSSR count). The van der Waals surface area contributed by atoms with E-state index in [0.717, 1.165) is 0 Å². The standard InChI is InChI=1S/C16H17FN2O4S/c1-10-8-11(4-6-13(10)17)16(20)12-5-7-15(23-3)14(9-12)19-24(21,22)18-2/h4-9,18-19H,1-3H3. The second kappa shape index (κ2) is 6.98. The van der Waals surface area contributed by atoms with E-state index in [1.165, 1.54) is 50.6 Å². The van der Waals surface area contributed by atoms with Crippen molar-refractivity contribution in [1.29, 1.82) is 0 Å². The van der Waals surface area contributed by atoms with Crippen LogP contribution in [0.1, 0.15) is 21.5 Å². The summed E-state index contributed by atoms with van der Waals surface area (Å²) in [7, 11) is -1.12. The van der Waals surface area contributed by atoms with Gasteiger partial charge in [-0.2, -0.15) is 8.42 Å². The molecule has 0 atom stereocenters. The van der Waals surface area contributed by atoms with Crippen LogP contribution in [0.25, 0.3) is 0 Å². The molecule has 128 valence electrons. The van der Waals surface area contributed by atoms with Crippen LogP contribution in [0, 0.1) is 12.7 Å². The zero-order valence-electron chi connectivity index (χ0n) is 13.4. The first kappa shape index (κ1) is 17.9. The van der Waals surface area contributed by atoms with E-state index in [-0.39, 0.29) is 22.8 Å². The number of nitrogens with one attached hydrogen (secondary N) is 2. The second-order valence-electron chi connectivity index (χ2n) is 5.02. The molecule has 6 nitrogen and oxygen atoms in total. The fourth-order valence-corrected chi connectivity index (χ4v) is 2.63. The molecule has 0 saturated heterocycles. The SMILES string of the molecule is CNS(=O)(=O)Nc1cc(C(=O)c2ccc(F)c(C)c2)ccc1OC. The maximum Gasteiger partial charge on any atom is 0.298 e. The molecule has 2 aromatic carbocycles. The molecular weight excluding hydrogens is 335 g/mol. The third-order valence-electron chi connectivity index (χ3n) is 3.39. The Labute approximate surface area is 139 Å². The summed E-state index contributed by atoms with van der Waals surface area (Å²) < 4.78 is 46.2. The lowest BCUT2D eigenvalue weighted by Gasteiger charge is -2.12. The molecule has 2 N–H and O–H groups in total. The van der Waals surface area contributed by atoms with Gasteiger partial charge >= 0.3 is 0 Å². The van der Waals surface area contributed by atoms with E-state index >= 15 is 0 Å². The molecule has 0 amide bonds. The lowest BCUT2D eigenvalue weighted by atomic mass is 10.0. The minimum atomic E-state index is -3.77. The van der Waals surface area contributed by atoms with E-state index in [1.807, 2.05) is 0 Å². The molecule has 0 radical (unpaired) electrons. The fourth-order valence-electron chi connectivity index (χ4n) is 2.08. The number of ketones is 1. The molecule has 0 fully saturated rings. The van der Waals surface area contributed by atoms with Crippen molar-refractivity contribution in [2.24, 2.45) is 0 Å². The average molecular weight is 352 g/mol. The number of aryl methyl sites for hydroxylation is 1. The topological polar surface area (TPSA) is 84.5 Å². The average Bonchev–Trinajstić information content (AvgIpc) is 2.56. The van der Waals surface area contributed by atoms with Gasteiger partial charge in [0.25, 0.3) is 10.2 Å². The van der Waals surface area contributed by atoms with Crippen LogP contribution in [0.5, 0.6) is 5.75 Å². The van der Waals surface area contributed by atoms with Crippen molar-refractivity contribution in [1.82, 2.24) is 4.72 Å². The zero-order chi connectivity index (χ0) is 17.9. The zero-order valence-corrected chi connectivity index (χ0v) is 14.2. The van der Waals surface area contributed by atoms with Crippen LogP contribution < -0.4 is 14.2 Å². The van der Waals surface area contributed by atoms with E-state index in [1.54, 1.807) is 6.92 Å². The summed E-state index contributed by atoms with van der Waals surface area (Å²) in [5, 5.41) is 0. The van der Waals surface area contributed by atoms with Crippen molar-refractivity contribution in [2.45, 2.75) is 6.92 Å². The highest BCUT2D eigenvalue weighted by Crippen LogP contribution is 2.27. The van der Waals surface area contributed by atoms with Gasteiger partial charge in [0.15, 0.2) is 5.78 Å². The lowest BCUT2D eigenvalue weighted by Crippen LogP contribution is -2.26. The quantitative estimate of drug-likeness (QED) is 0.781. The van der Waals surface area contributed by atoms with Gasteiger partial charge in [0.1, 0.15) is 11.6 Å². The summed E-state index contributed by atoms with van der Waals surface area (Å²) in [5.41, 5.74) is 1.03. The van der Waals surface area contributed by atoms with Crippen LogP contribution in [-0.2, 0) is 10.2 Å². The molecule has 0 aliphatic heterocycles. The van der Waals surface area contributed by atoms with Gasteiger partial charge < -0.3 is 4.74 Å². The van der Waals surface area contributed by atoms with Crippen LogP contribution in [0.4, 0.5) is 10.1 Å². The molecule has 24 heavy (non-hydrogen) atoms. The van der Waals surface area contributed by atoms with Gasteiger partial charge in [0, 0.05) is 18.2 Å². The van der Waals surface area contributed by atoms with Crippen LogP contribution >= 0.6 is 0 Å². The third kappa shape index (κ3) is 3.90. The summed E-state index contributed by atoms with van der Waals surface area (Å²) in [5.74, 6) is -0.491. The largest absolute Gasteiger partial charge is 0.495 e. The van der Waals surface area contributed by atoms with Crippen LogP contribution in [0.15, 0.2) is 36.4 Å². The summed E-state index contributed by atoms with van der Waals surface area (Å²) in [6.45, 7) is 1.56. The maximum absolute atomic E-state index is 13.3. The number of rotatable bonds is 6. The highest BCUT2D eigenvalue weighted by Gasteiger charge is 2.16. The number of benzene rings is 2. The predicted molar refractivity (Wildman–Crippen MR) is 89.2 cm³/mol. The molecule has 2 aromatic rings. The Hall–Kier alpha value is -2.45. The van der Waals surface area contributed by atoms with Crippen molar-refractivity contribution < 1.29 is 22.3 Å². The number of carbonyl (C=O) groups is 1. The first-order valence-electron chi connectivity index (χ1n) is 6.97. The van der Waals surface area contributed by atoms with E-state index in [9.17, 15) is 17.6 Å². The Kier molecular flexibility index (Phi) is 5.20. The van der Waals surface area contributed by atoms with Gasteiger partial charge in [-0.15, -0.1) is 0 Å². The van der Waals surface area contributed by atoms with E-state index < -0.39 is 16.0 Å². The molecule has 0 spiro atoms. The van der Waals surface area contributed by atoms with E-state index in [4.69, 9.17) is 4.74 Å². The van der Waals surface area contributed by atoms with Gasteiger partial charge in [-0.3, -0.25) is 9.52 Å². The van der Waals surface area contributed by atoms with E-state index in [2.05, 4.69) is 9.44 Å². The minimum absolute atomic E-state index is 0.122. The first-order valence-corrected chi connectivity index (χ1v) is 8.46. The Morgan fingerprint density at radius 3 is 2.33 bits per heavy atom. The number of ether oxygens (including phenoxy) is 1. The molecular formula is C16H17FN2O4S. The van der Waals surface area contributed by atoms with Crippen molar-refractivity contribution in [3.05, 3.63) is 58.9 Å². The summed E-state index contributed by atoms with van der Waals surface area (Å²) in [4.78, 5) is 12.5. The second-order valence-corrected chi connectivity index (χ2v) is 6.64. The molecule has 0 aliphatic rings. The smallest absolute Gasteiger partial charge is 0.298 e. The normalized spacial score (nSPS) is 11.2. The van der Waals surface area contributed by atoms with Crippen LogP contribution in [0.2, 0.25) is 0 Å². The van der Waals surface area contributed by atoms with Gasteiger partial charge in [-0.25, -0.2) is 9.11 Å². The minimum Gasteiger partial charge on any atom is -0.495 e. The highest BCUT2D eigenvalue weighted by atomic mass is 32.2. The van der Waals surface area contributed by atoms with Gasteiger partial charge in [-0.05, 0) is 48.9 Å². The van der Waals surface area contributed by atoms with Crippen molar-refractivity contribution in [3.8, 4) is 5.75 Å². The molecule has 8 heteroatoms. The first-order chi connectivity index (χ1) is 11.3. The van der Waals surface area contributed by atoms with Crippen molar-refractivity contribution in [3.63, 3.8) is 0 Å². The molecule has 0 heterocycles. The van der Waals surface area contributed by atoms with Gasteiger partial charge in [0.05, 0.1) is 12.8 Å². The van der Waals surface area contributed by atoms with Crippen molar-refractivity contribution >= 4 is 21.7 Å². The number of methoxy groups -OCH3 is 1. The summed E-state index contributed by atoms with van der Waals surface area (Å²) >= 11 is 0. The summed E-state index contributed by atoms with van der Waals surface area (Å²) in [6, 6.07) is 8.41. The van der Waals surface area contributed by atoms with Gasteiger partial charge in [0.2, 0.25) is 0 Å². The van der Waals surface area contributed by atoms with Crippen LogP contribution in [0.3, 0.4) is 0 Å².